The van der Waals surface area contributed by atoms with Gasteiger partial charge in [0.15, 0.2) is 0 Å². The average Bonchev–Trinajstić information content (AvgIpc) is 3.34. The Kier molecular flexibility index (Phi) is 5.40. The summed E-state index contributed by atoms with van der Waals surface area (Å²) in [5.41, 5.74) is 2.56. The van der Waals surface area contributed by atoms with Crippen LogP contribution in [0.3, 0.4) is 0 Å². The monoisotopic (exact) mass is 409 g/mol. The molecule has 2 aromatic carbocycles. The van der Waals surface area contributed by atoms with Gasteiger partial charge in [-0.05, 0) is 55.8 Å². The Hall–Kier alpha value is -3.06. The first-order chi connectivity index (χ1) is 14.0. The van der Waals surface area contributed by atoms with E-state index in [-0.39, 0.29) is 24.2 Å². The van der Waals surface area contributed by atoms with Crippen molar-refractivity contribution < 1.29 is 14.0 Å². The molecule has 29 heavy (non-hydrogen) atoms. The fraction of sp³-hybridized carbons (Fsp3) is 0.227. The Morgan fingerprint density at radius 3 is 2.69 bits per heavy atom. The number of carbonyl (C=O) groups excluding carboxylic acids is 2. The van der Waals surface area contributed by atoms with Crippen LogP contribution in [0.25, 0.3) is 0 Å². The molecule has 1 saturated heterocycles. The number of hydrogen-bond donors (Lipinski definition) is 0. The van der Waals surface area contributed by atoms with Gasteiger partial charge in [-0.15, -0.1) is 11.3 Å². The van der Waals surface area contributed by atoms with E-state index in [4.69, 9.17) is 0 Å². The van der Waals surface area contributed by atoms with Gasteiger partial charge in [0.05, 0.1) is 17.2 Å². The molecule has 4 rings (SSSR count). The smallest absolute Gasteiger partial charge is 0.258 e. The molecule has 1 aliphatic rings. The minimum Gasteiger partial charge on any atom is -0.312 e. The summed E-state index contributed by atoms with van der Waals surface area (Å²) in [4.78, 5) is 33.2. The summed E-state index contributed by atoms with van der Waals surface area (Å²) < 4.78 is 13.4. The van der Waals surface area contributed by atoms with E-state index in [0.29, 0.717) is 24.2 Å². The zero-order chi connectivity index (χ0) is 20.4. The first-order valence-corrected chi connectivity index (χ1v) is 10.3. The number of thiazole rings is 1. The van der Waals surface area contributed by atoms with E-state index in [1.165, 1.54) is 23.5 Å². The topological polar surface area (TPSA) is 53.5 Å². The van der Waals surface area contributed by atoms with Gasteiger partial charge in [0.25, 0.3) is 5.91 Å². The fourth-order valence-corrected chi connectivity index (χ4v) is 4.03. The molecular weight excluding hydrogens is 389 g/mol. The van der Waals surface area contributed by atoms with Crippen LogP contribution in [0, 0.1) is 12.7 Å². The van der Waals surface area contributed by atoms with Crippen LogP contribution in [-0.2, 0) is 11.3 Å². The third kappa shape index (κ3) is 4.19. The summed E-state index contributed by atoms with van der Waals surface area (Å²) >= 11 is 1.52. The summed E-state index contributed by atoms with van der Waals surface area (Å²) in [6.07, 6.45) is 1.35. The molecular formula is C22H20FN3O2S. The van der Waals surface area contributed by atoms with Crippen LogP contribution in [-0.4, -0.2) is 23.3 Å². The molecule has 2 amide bonds. The zero-order valence-corrected chi connectivity index (χ0v) is 16.8. The maximum atomic E-state index is 13.4. The van der Waals surface area contributed by atoms with E-state index in [9.17, 15) is 14.0 Å². The van der Waals surface area contributed by atoms with Gasteiger partial charge < -0.3 is 9.80 Å². The second-order valence-electron chi connectivity index (χ2n) is 6.92. The first-order valence-electron chi connectivity index (χ1n) is 9.40. The molecule has 0 saturated carbocycles. The Balaban J connectivity index is 1.67. The molecule has 0 atom stereocenters. The van der Waals surface area contributed by atoms with Gasteiger partial charge in [0, 0.05) is 35.3 Å². The van der Waals surface area contributed by atoms with Gasteiger partial charge in [-0.2, -0.15) is 0 Å². The number of rotatable bonds is 5. The summed E-state index contributed by atoms with van der Waals surface area (Å²) in [6.45, 7) is 2.85. The SMILES string of the molecule is Cc1nc(CN(C(=O)c2cccc(N3CCCC3=O)c2)c2ccc(F)cc2)cs1. The number of aromatic nitrogens is 1. The number of halogens is 1. The van der Waals surface area contributed by atoms with Gasteiger partial charge in [0.1, 0.15) is 5.82 Å². The Bertz CT molecular complexity index is 1050. The van der Waals surface area contributed by atoms with E-state index in [2.05, 4.69) is 4.98 Å². The van der Waals surface area contributed by atoms with Crippen LogP contribution in [0.2, 0.25) is 0 Å². The minimum atomic E-state index is -0.361. The highest BCUT2D eigenvalue weighted by molar-refractivity contribution is 7.09. The van der Waals surface area contributed by atoms with Crippen LogP contribution < -0.4 is 9.80 Å². The number of amides is 2. The summed E-state index contributed by atoms with van der Waals surface area (Å²) in [7, 11) is 0. The highest BCUT2D eigenvalue weighted by Crippen LogP contribution is 2.26. The molecule has 0 bridgehead atoms. The number of hydrogen-bond acceptors (Lipinski definition) is 4. The highest BCUT2D eigenvalue weighted by Gasteiger charge is 2.24. The summed E-state index contributed by atoms with van der Waals surface area (Å²) in [6, 6.07) is 12.9. The second kappa shape index (κ2) is 8.13. The lowest BCUT2D eigenvalue weighted by Gasteiger charge is -2.23. The zero-order valence-electron chi connectivity index (χ0n) is 16.0. The normalized spacial score (nSPS) is 13.7. The largest absolute Gasteiger partial charge is 0.312 e. The van der Waals surface area contributed by atoms with Crippen molar-refractivity contribution in [1.82, 2.24) is 4.98 Å². The standard InChI is InChI=1S/C22H20FN3O2S/c1-15-24-18(14-29-15)13-26(19-9-7-17(23)8-10-19)22(28)16-4-2-5-20(12-16)25-11-3-6-21(25)27/h2,4-5,7-10,12,14H,3,6,11,13H2,1H3. The molecule has 0 N–H and O–H groups in total. The maximum Gasteiger partial charge on any atom is 0.258 e. The quantitative estimate of drug-likeness (QED) is 0.621. The van der Waals surface area contributed by atoms with Crippen molar-refractivity contribution in [2.24, 2.45) is 0 Å². The predicted octanol–water partition coefficient (Wildman–Crippen LogP) is 4.56. The molecule has 2 heterocycles. The van der Waals surface area contributed by atoms with Gasteiger partial charge >= 0.3 is 0 Å². The number of carbonyl (C=O) groups is 2. The molecule has 3 aromatic rings. The third-order valence-electron chi connectivity index (χ3n) is 4.85. The first kappa shape index (κ1) is 19.3. The van der Waals surface area contributed by atoms with Crippen molar-refractivity contribution in [1.29, 1.82) is 0 Å². The number of aryl methyl sites for hydroxylation is 1. The van der Waals surface area contributed by atoms with E-state index in [1.807, 2.05) is 18.4 Å². The molecule has 0 radical (unpaired) electrons. The Morgan fingerprint density at radius 2 is 2.03 bits per heavy atom. The lowest BCUT2D eigenvalue weighted by molar-refractivity contribution is -0.117. The Labute approximate surface area is 172 Å². The highest BCUT2D eigenvalue weighted by atomic mass is 32.1. The molecule has 1 fully saturated rings. The van der Waals surface area contributed by atoms with Crippen molar-refractivity contribution in [2.45, 2.75) is 26.3 Å². The molecule has 1 aliphatic heterocycles. The lowest BCUT2D eigenvalue weighted by atomic mass is 10.1. The minimum absolute atomic E-state index is 0.0722. The predicted molar refractivity (Wildman–Crippen MR) is 112 cm³/mol. The third-order valence-corrected chi connectivity index (χ3v) is 5.67. The second-order valence-corrected chi connectivity index (χ2v) is 7.99. The van der Waals surface area contributed by atoms with E-state index in [0.717, 1.165) is 22.8 Å². The van der Waals surface area contributed by atoms with Gasteiger partial charge in [0.2, 0.25) is 5.91 Å². The van der Waals surface area contributed by atoms with Crippen LogP contribution >= 0.6 is 11.3 Å². The molecule has 0 aliphatic carbocycles. The van der Waals surface area contributed by atoms with Gasteiger partial charge in [-0.1, -0.05) is 6.07 Å². The number of benzene rings is 2. The van der Waals surface area contributed by atoms with Crippen LogP contribution in [0.5, 0.6) is 0 Å². The number of anilines is 2. The van der Waals surface area contributed by atoms with E-state index >= 15 is 0 Å². The van der Waals surface area contributed by atoms with Crippen LogP contribution in [0.4, 0.5) is 15.8 Å². The fourth-order valence-electron chi connectivity index (χ4n) is 3.43. The van der Waals surface area contributed by atoms with Crippen molar-refractivity contribution in [3.63, 3.8) is 0 Å². The Morgan fingerprint density at radius 1 is 1.24 bits per heavy atom. The molecule has 0 spiro atoms. The molecule has 7 heteroatoms. The van der Waals surface area contributed by atoms with Crippen LogP contribution in [0.15, 0.2) is 53.9 Å². The van der Waals surface area contributed by atoms with Crippen molar-refractivity contribution in [3.05, 3.63) is 76.0 Å². The summed E-state index contributed by atoms with van der Waals surface area (Å²) in [5.74, 6) is -0.515. The average molecular weight is 409 g/mol. The molecule has 5 nitrogen and oxygen atoms in total. The number of nitrogens with zero attached hydrogens (tertiary/aromatic N) is 3. The molecule has 148 valence electrons. The molecule has 0 unspecified atom stereocenters. The lowest BCUT2D eigenvalue weighted by Crippen LogP contribution is -2.31. The maximum absolute atomic E-state index is 13.4. The summed E-state index contributed by atoms with van der Waals surface area (Å²) in [5, 5.41) is 2.83. The molecule has 1 aromatic heterocycles. The van der Waals surface area contributed by atoms with Crippen molar-refractivity contribution in [3.8, 4) is 0 Å². The van der Waals surface area contributed by atoms with E-state index < -0.39 is 0 Å². The van der Waals surface area contributed by atoms with Crippen LogP contribution in [0.1, 0.15) is 33.9 Å². The van der Waals surface area contributed by atoms with Crippen molar-refractivity contribution in [2.75, 3.05) is 16.3 Å². The van der Waals surface area contributed by atoms with Gasteiger partial charge in [-0.25, -0.2) is 9.37 Å². The van der Waals surface area contributed by atoms with Crippen molar-refractivity contribution >= 4 is 34.5 Å². The van der Waals surface area contributed by atoms with E-state index in [1.54, 1.807) is 40.1 Å². The van der Waals surface area contributed by atoms with Gasteiger partial charge in [-0.3, -0.25) is 9.59 Å².